The van der Waals surface area contributed by atoms with Crippen molar-refractivity contribution in [1.29, 1.82) is 0 Å². The molecule has 0 bridgehead atoms. The van der Waals surface area contributed by atoms with Gasteiger partial charge in [0.2, 0.25) is 17.7 Å². The molecule has 0 aliphatic rings. The third-order valence-electron chi connectivity index (χ3n) is 5.22. The van der Waals surface area contributed by atoms with E-state index in [-0.39, 0.29) is 18.8 Å². The van der Waals surface area contributed by atoms with Crippen LogP contribution < -0.4 is 33.2 Å². The molecule has 4 atom stereocenters. The van der Waals surface area contributed by atoms with Gasteiger partial charge in [-0.15, -0.1) is 0 Å². The molecule has 0 fully saturated rings. The molecular weight excluding hydrogens is 460 g/mol. The fourth-order valence-electron chi connectivity index (χ4n) is 3.30. The zero-order chi connectivity index (χ0) is 27.0. The van der Waals surface area contributed by atoms with Gasteiger partial charge in [-0.2, -0.15) is 0 Å². The van der Waals surface area contributed by atoms with E-state index in [0.717, 1.165) is 0 Å². The average molecular weight is 503 g/mol. The molecule has 13 heteroatoms. The first kappa shape index (κ1) is 32.2. The lowest BCUT2D eigenvalue weighted by Crippen LogP contribution is -2.57. The first-order chi connectivity index (χ1) is 16.4. The summed E-state index contributed by atoms with van der Waals surface area (Å²) in [6, 6.07) is -4.72. The highest BCUT2D eigenvalue weighted by Gasteiger charge is 2.31. The van der Waals surface area contributed by atoms with Gasteiger partial charge >= 0.3 is 11.9 Å². The summed E-state index contributed by atoms with van der Waals surface area (Å²) < 4.78 is 0. The molecular formula is C22H42N6O7. The number of carboxylic acids is 2. The van der Waals surface area contributed by atoms with Crippen LogP contribution in [0.5, 0.6) is 0 Å². The highest BCUT2D eigenvalue weighted by Crippen LogP contribution is 2.09. The molecule has 0 saturated heterocycles. The molecule has 4 unspecified atom stereocenters. The third-order valence-corrected chi connectivity index (χ3v) is 5.22. The van der Waals surface area contributed by atoms with Crippen molar-refractivity contribution < 1.29 is 34.2 Å². The number of aliphatic carboxylic acids is 2. The van der Waals surface area contributed by atoms with Gasteiger partial charge in [0.15, 0.2) is 0 Å². The lowest BCUT2D eigenvalue weighted by molar-refractivity contribution is -0.143. The minimum Gasteiger partial charge on any atom is -0.481 e. The molecule has 0 aliphatic carbocycles. The van der Waals surface area contributed by atoms with Crippen LogP contribution >= 0.6 is 0 Å². The van der Waals surface area contributed by atoms with Crippen LogP contribution in [0.4, 0.5) is 0 Å². The van der Waals surface area contributed by atoms with Crippen LogP contribution in [0.25, 0.3) is 0 Å². The Bertz CT molecular complexity index is 704. The van der Waals surface area contributed by atoms with Crippen molar-refractivity contribution in [3.05, 3.63) is 0 Å². The molecule has 35 heavy (non-hydrogen) atoms. The Hall–Kier alpha value is -2.77. The summed E-state index contributed by atoms with van der Waals surface area (Å²) in [6.45, 7) is 4.44. The van der Waals surface area contributed by atoms with Gasteiger partial charge in [-0.1, -0.05) is 20.3 Å². The smallest absolute Gasteiger partial charge is 0.326 e. The topological polar surface area (TPSA) is 240 Å². The third kappa shape index (κ3) is 14.3. The minimum atomic E-state index is -1.47. The van der Waals surface area contributed by atoms with Crippen molar-refractivity contribution in [2.75, 3.05) is 13.1 Å². The molecule has 0 aromatic carbocycles. The predicted molar refractivity (Wildman–Crippen MR) is 129 cm³/mol. The summed E-state index contributed by atoms with van der Waals surface area (Å²) in [5.41, 5.74) is 16.7. The van der Waals surface area contributed by atoms with E-state index in [0.29, 0.717) is 45.2 Å². The highest BCUT2D eigenvalue weighted by atomic mass is 16.4. The van der Waals surface area contributed by atoms with Crippen molar-refractivity contribution in [2.24, 2.45) is 23.1 Å². The van der Waals surface area contributed by atoms with E-state index in [4.69, 9.17) is 17.2 Å². The Morgan fingerprint density at radius 1 is 0.714 bits per heavy atom. The van der Waals surface area contributed by atoms with Crippen molar-refractivity contribution in [2.45, 2.75) is 89.4 Å². The second kappa shape index (κ2) is 17.6. The maximum absolute atomic E-state index is 12.9. The van der Waals surface area contributed by atoms with Gasteiger partial charge in [0.25, 0.3) is 0 Å². The molecule has 0 aliphatic heterocycles. The second-order valence-electron chi connectivity index (χ2n) is 8.92. The summed E-state index contributed by atoms with van der Waals surface area (Å²) in [4.78, 5) is 60.9. The molecule has 202 valence electrons. The van der Waals surface area contributed by atoms with E-state index in [1.165, 1.54) is 0 Å². The molecule has 0 heterocycles. The quantitative estimate of drug-likeness (QED) is 0.0963. The molecule has 0 rings (SSSR count). The summed E-state index contributed by atoms with van der Waals surface area (Å²) >= 11 is 0. The van der Waals surface area contributed by atoms with Crippen LogP contribution in [0.3, 0.4) is 0 Å². The van der Waals surface area contributed by atoms with E-state index in [1.807, 2.05) is 0 Å². The number of carbonyl (C=O) groups is 5. The monoisotopic (exact) mass is 502 g/mol. The van der Waals surface area contributed by atoms with E-state index in [1.54, 1.807) is 13.8 Å². The normalized spacial score (nSPS) is 14.5. The van der Waals surface area contributed by atoms with E-state index in [2.05, 4.69) is 16.0 Å². The van der Waals surface area contributed by atoms with Gasteiger partial charge in [-0.3, -0.25) is 19.2 Å². The minimum absolute atomic E-state index is 0.0601. The Kier molecular flexibility index (Phi) is 16.2. The summed E-state index contributed by atoms with van der Waals surface area (Å²) in [5.74, 6) is -4.91. The second-order valence-corrected chi connectivity index (χ2v) is 8.92. The van der Waals surface area contributed by atoms with Gasteiger partial charge in [0, 0.05) is 0 Å². The van der Waals surface area contributed by atoms with Crippen molar-refractivity contribution in [3.8, 4) is 0 Å². The molecule has 0 radical (unpaired) electrons. The van der Waals surface area contributed by atoms with Crippen molar-refractivity contribution >= 4 is 29.7 Å². The van der Waals surface area contributed by atoms with Crippen LogP contribution in [0.1, 0.15) is 65.2 Å². The number of hydrogen-bond donors (Lipinski definition) is 8. The van der Waals surface area contributed by atoms with Gasteiger partial charge in [-0.05, 0) is 57.5 Å². The molecule has 3 amide bonds. The predicted octanol–water partition coefficient (Wildman–Crippen LogP) is -1.37. The van der Waals surface area contributed by atoms with Gasteiger partial charge in [-0.25, -0.2) is 4.79 Å². The largest absolute Gasteiger partial charge is 0.481 e. The molecule has 0 aromatic rings. The zero-order valence-corrected chi connectivity index (χ0v) is 20.6. The number of nitrogens with two attached hydrogens (primary N) is 3. The highest BCUT2D eigenvalue weighted by molar-refractivity contribution is 5.95. The maximum atomic E-state index is 12.9. The van der Waals surface area contributed by atoms with Crippen molar-refractivity contribution in [1.82, 2.24) is 16.0 Å². The van der Waals surface area contributed by atoms with E-state index >= 15 is 0 Å². The van der Waals surface area contributed by atoms with Crippen LogP contribution in [0.2, 0.25) is 0 Å². The average Bonchev–Trinajstić information content (AvgIpc) is 2.76. The standard InChI is InChI=1S/C22H42N6O7/c1-13(2)11-16(20(32)26-15(22(34)35)8-4-6-10-24)28-21(33)17(12-18(29)30)27-19(31)14(25)7-3-5-9-23/h13-17H,3-12,23-25H2,1-2H3,(H,26,32)(H,27,31)(H,28,33)(H,29,30)(H,34,35). The zero-order valence-electron chi connectivity index (χ0n) is 20.6. The van der Waals surface area contributed by atoms with Gasteiger partial charge < -0.3 is 43.4 Å². The number of nitrogens with one attached hydrogen (secondary N) is 3. The van der Waals surface area contributed by atoms with Crippen LogP contribution in [0, 0.1) is 5.92 Å². The number of rotatable bonds is 19. The number of unbranched alkanes of at least 4 members (excludes halogenated alkanes) is 2. The number of carboxylic acid groups (broad SMARTS) is 2. The molecule has 0 saturated carbocycles. The van der Waals surface area contributed by atoms with Crippen LogP contribution in [0.15, 0.2) is 0 Å². The summed E-state index contributed by atoms with van der Waals surface area (Å²) in [7, 11) is 0. The molecule has 13 nitrogen and oxygen atoms in total. The fraction of sp³-hybridized carbons (Fsp3) is 0.773. The fourth-order valence-corrected chi connectivity index (χ4v) is 3.30. The number of hydrogen-bond acceptors (Lipinski definition) is 8. The van der Waals surface area contributed by atoms with E-state index < -0.39 is 60.2 Å². The molecule has 0 aromatic heterocycles. The van der Waals surface area contributed by atoms with Crippen LogP contribution in [-0.4, -0.2) is 77.1 Å². The van der Waals surface area contributed by atoms with Crippen molar-refractivity contribution in [3.63, 3.8) is 0 Å². The van der Waals surface area contributed by atoms with Crippen LogP contribution in [-0.2, 0) is 24.0 Å². The number of amides is 3. The number of carbonyl (C=O) groups excluding carboxylic acids is 3. The van der Waals surface area contributed by atoms with Gasteiger partial charge in [0.05, 0.1) is 12.5 Å². The Morgan fingerprint density at radius 2 is 1.20 bits per heavy atom. The Labute approximate surface area is 205 Å². The molecule has 11 N–H and O–H groups in total. The SMILES string of the molecule is CC(C)CC(NC(=O)C(CC(=O)O)NC(=O)C(N)CCCCN)C(=O)NC(CCCCN)C(=O)O. The summed E-state index contributed by atoms with van der Waals surface area (Å²) in [5, 5.41) is 25.8. The van der Waals surface area contributed by atoms with Gasteiger partial charge in [0.1, 0.15) is 18.1 Å². The first-order valence-electron chi connectivity index (χ1n) is 11.9. The summed E-state index contributed by atoms with van der Waals surface area (Å²) in [6.07, 6.45) is 2.26. The maximum Gasteiger partial charge on any atom is 0.326 e. The lowest BCUT2D eigenvalue weighted by atomic mass is 10.0. The lowest BCUT2D eigenvalue weighted by Gasteiger charge is -2.25. The van der Waals surface area contributed by atoms with E-state index in [9.17, 15) is 34.2 Å². The Balaban J connectivity index is 5.40. The molecule has 0 spiro atoms. The first-order valence-corrected chi connectivity index (χ1v) is 11.9. The Morgan fingerprint density at radius 3 is 1.69 bits per heavy atom.